The molecule has 1 atom stereocenters. The smallest absolute Gasteiger partial charge is 0.339 e. The van der Waals surface area contributed by atoms with Crippen LogP contribution in [0.5, 0.6) is 0 Å². The first kappa shape index (κ1) is 22.2. The summed E-state index contributed by atoms with van der Waals surface area (Å²) in [5, 5.41) is 0. The summed E-state index contributed by atoms with van der Waals surface area (Å²) < 4.78 is 7.86. The van der Waals surface area contributed by atoms with Crippen LogP contribution in [0.4, 0.5) is 0 Å². The van der Waals surface area contributed by atoms with Crippen molar-refractivity contribution in [3.63, 3.8) is 0 Å². The Balaban J connectivity index is 1.98. The molecule has 3 aromatic rings. The summed E-state index contributed by atoms with van der Waals surface area (Å²) in [5.41, 5.74) is -0.437. The molecule has 0 N–H and O–H groups in total. The molecule has 0 saturated carbocycles. The monoisotopic (exact) mass is 625 g/mol. The standard InChI is InChI=1S/C24H19I2O2S/c1-4-24(2,3)28-23(27)17-10-12-19(13-11-17)29(18-8-6-5-7-9-18)20-14-15-21(25)22(26)16-20/h1,5-16H,2-3H3/q+1. The molecule has 3 aromatic carbocycles. The molecule has 1 unspecified atom stereocenters. The maximum atomic E-state index is 12.4. The molecule has 3 rings (SSSR count). The Morgan fingerprint density at radius 3 is 2.07 bits per heavy atom. The summed E-state index contributed by atoms with van der Waals surface area (Å²) in [6.07, 6.45) is 5.42. The normalized spacial score (nSPS) is 12.1. The van der Waals surface area contributed by atoms with Crippen LogP contribution in [0.1, 0.15) is 24.2 Å². The highest BCUT2D eigenvalue weighted by Gasteiger charge is 2.29. The van der Waals surface area contributed by atoms with Crippen molar-refractivity contribution in [1.29, 1.82) is 0 Å². The van der Waals surface area contributed by atoms with Crippen LogP contribution in [-0.4, -0.2) is 11.6 Å². The summed E-state index contributed by atoms with van der Waals surface area (Å²) in [4.78, 5) is 16.0. The second kappa shape index (κ2) is 9.54. The van der Waals surface area contributed by atoms with E-state index in [9.17, 15) is 4.79 Å². The summed E-state index contributed by atoms with van der Waals surface area (Å²) >= 11 is 4.72. The van der Waals surface area contributed by atoms with Gasteiger partial charge in [0, 0.05) is 13.2 Å². The van der Waals surface area contributed by atoms with E-state index in [1.165, 1.54) is 16.9 Å². The molecule has 0 aliphatic rings. The van der Waals surface area contributed by atoms with Crippen LogP contribution in [0.3, 0.4) is 0 Å². The fraction of sp³-hybridized carbons (Fsp3) is 0.125. The van der Waals surface area contributed by atoms with Crippen molar-refractivity contribution in [2.75, 3.05) is 0 Å². The van der Waals surface area contributed by atoms with Crippen molar-refractivity contribution in [1.82, 2.24) is 0 Å². The molecular weight excluding hydrogens is 606 g/mol. The Labute approximate surface area is 202 Å². The maximum Gasteiger partial charge on any atom is 0.339 e. The molecule has 5 heteroatoms. The molecule has 0 aromatic heterocycles. The van der Waals surface area contributed by atoms with E-state index in [4.69, 9.17) is 11.2 Å². The van der Waals surface area contributed by atoms with E-state index in [0.29, 0.717) is 5.56 Å². The Kier molecular flexibility index (Phi) is 7.30. The fourth-order valence-electron chi connectivity index (χ4n) is 2.62. The molecule has 0 bridgehead atoms. The number of ether oxygens (including phenoxy) is 1. The van der Waals surface area contributed by atoms with Crippen molar-refractivity contribution in [3.05, 3.63) is 85.5 Å². The van der Waals surface area contributed by atoms with Crippen LogP contribution in [0.15, 0.2) is 87.5 Å². The number of carbonyl (C=O) groups is 1. The van der Waals surface area contributed by atoms with Gasteiger partial charge in [-0.2, -0.15) is 0 Å². The molecule has 29 heavy (non-hydrogen) atoms. The first-order valence-electron chi connectivity index (χ1n) is 8.86. The van der Waals surface area contributed by atoms with Crippen molar-refractivity contribution in [2.45, 2.75) is 34.1 Å². The van der Waals surface area contributed by atoms with Crippen molar-refractivity contribution in [2.24, 2.45) is 0 Å². The van der Waals surface area contributed by atoms with Crippen molar-refractivity contribution in [3.8, 4) is 12.3 Å². The van der Waals surface area contributed by atoms with Crippen LogP contribution >= 0.6 is 45.2 Å². The lowest BCUT2D eigenvalue weighted by molar-refractivity contribution is 0.0204. The zero-order valence-corrected chi connectivity index (χ0v) is 21.1. The predicted molar refractivity (Wildman–Crippen MR) is 135 cm³/mol. The number of hydrogen-bond donors (Lipinski definition) is 0. The number of esters is 1. The minimum atomic E-state index is -0.929. The molecule has 0 heterocycles. The van der Waals surface area contributed by atoms with E-state index in [1.807, 2.05) is 30.3 Å². The lowest BCUT2D eigenvalue weighted by Crippen LogP contribution is -2.25. The van der Waals surface area contributed by atoms with Crippen LogP contribution in [0, 0.1) is 19.5 Å². The lowest BCUT2D eigenvalue weighted by atomic mass is 10.1. The van der Waals surface area contributed by atoms with Gasteiger partial charge < -0.3 is 4.74 Å². The minimum Gasteiger partial charge on any atom is -0.443 e. The van der Waals surface area contributed by atoms with Gasteiger partial charge in [0.2, 0.25) is 0 Å². The minimum absolute atomic E-state index is 0.268. The average molecular weight is 625 g/mol. The van der Waals surface area contributed by atoms with Crippen LogP contribution in [-0.2, 0) is 15.6 Å². The van der Waals surface area contributed by atoms with Gasteiger partial charge >= 0.3 is 5.97 Å². The summed E-state index contributed by atoms with van der Waals surface area (Å²) in [6.45, 7) is 3.40. The maximum absolute atomic E-state index is 12.4. The largest absolute Gasteiger partial charge is 0.443 e. The number of terminal acetylenes is 1. The Bertz CT molecular complexity index is 1050. The number of halogens is 2. The van der Waals surface area contributed by atoms with E-state index in [-0.39, 0.29) is 10.9 Å². The number of hydrogen-bond acceptors (Lipinski definition) is 2. The van der Waals surface area contributed by atoms with E-state index < -0.39 is 11.6 Å². The molecule has 0 amide bonds. The van der Waals surface area contributed by atoms with E-state index in [1.54, 1.807) is 13.8 Å². The topological polar surface area (TPSA) is 26.3 Å². The highest BCUT2D eigenvalue weighted by atomic mass is 127. The molecule has 0 spiro atoms. The fourth-order valence-corrected chi connectivity index (χ4v) is 5.77. The first-order chi connectivity index (χ1) is 13.8. The molecule has 146 valence electrons. The first-order valence-corrected chi connectivity index (χ1v) is 12.2. The van der Waals surface area contributed by atoms with Gasteiger partial charge in [0.15, 0.2) is 20.3 Å². The van der Waals surface area contributed by atoms with Crippen LogP contribution < -0.4 is 0 Å². The van der Waals surface area contributed by atoms with E-state index in [0.717, 1.165) is 4.90 Å². The van der Waals surface area contributed by atoms with Crippen LogP contribution in [0.25, 0.3) is 0 Å². The third kappa shape index (κ3) is 5.56. The Morgan fingerprint density at radius 1 is 0.897 bits per heavy atom. The average Bonchev–Trinajstić information content (AvgIpc) is 2.72. The summed E-state index contributed by atoms with van der Waals surface area (Å²) in [7, 11) is -0.268. The second-order valence-corrected chi connectivity index (χ2v) is 11.1. The Morgan fingerprint density at radius 2 is 1.48 bits per heavy atom. The predicted octanol–water partition coefficient (Wildman–Crippen LogP) is 6.56. The van der Waals surface area contributed by atoms with E-state index in [2.05, 4.69) is 93.6 Å². The second-order valence-electron chi connectivity index (χ2n) is 6.76. The zero-order valence-electron chi connectivity index (χ0n) is 16.0. The molecule has 0 radical (unpaired) electrons. The molecule has 0 fully saturated rings. The number of benzene rings is 3. The quantitative estimate of drug-likeness (QED) is 0.139. The summed E-state index contributed by atoms with van der Waals surface area (Å²) in [6, 6.07) is 24.6. The van der Waals surface area contributed by atoms with Gasteiger partial charge in [-0.15, -0.1) is 6.42 Å². The number of rotatable bonds is 5. The van der Waals surface area contributed by atoms with Gasteiger partial charge in [-0.05, 0) is 108 Å². The van der Waals surface area contributed by atoms with Gasteiger partial charge in [0.05, 0.1) is 16.5 Å². The van der Waals surface area contributed by atoms with Crippen LogP contribution in [0.2, 0.25) is 0 Å². The Hall–Kier alpha value is -1.50. The zero-order chi connectivity index (χ0) is 21.0. The SMILES string of the molecule is C#CC(C)(C)OC(=O)c1ccc([S+](c2ccccc2)c2ccc(I)c(I)c2)cc1. The summed E-state index contributed by atoms with van der Waals surface area (Å²) in [5.74, 6) is 2.07. The van der Waals surface area contributed by atoms with Gasteiger partial charge in [-0.25, -0.2) is 4.79 Å². The van der Waals surface area contributed by atoms with Gasteiger partial charge in [-0.1, -0.05) is 24.1 Å². The van der Waals surface area contributed by atoms with Crippen molar-refractivity contribution >= 4 is 62.0 Å². The van der Waals surface area contributed by atoms with Gasteiger partial charge in [0.25, 0.3) is 0 Å². The van der Waals surface area contributed by atoms with Gasteiger partial charge in [-0.3, -0.25) is 0 Å². The molecule has 2 nitrogen and oxygen atoms in total. The highest BCUT2D eigenvalue weighted by molar-refractivity contribution is 14.1. The molecule has 0 saturated heterocycles. The van der Waals surface area contributed by atoms with E-state index >= 15 is 0 Å². The third-order valence-electron chi connectivity index (χ3n) is 4.13. The highest BCUT2D eigenvalue weighted by Crippen LogP contribution is 2.33. The number of carbonyl (C=O) groups excluding carboxylic acids is 1. The molecule has 0 aliphatic heterocycles. The lowest BCUT2D eigenvalue weighted by Gasteiger charge is -2.18. The third-order valence-corrected chi connectivity index (χ3v) is 9.20. The van der Waals surface area contributed by atoms with Gasteiger partial charge in [0.1, 0.15) is 0 Å². The van der Waals surface area contributed by atoms with Crippen molar-refractivity contribution < 1.29 is 9.53 Å². The molecule has 0 aliphatic carbocycles. The molecular formula is C24H19I2O2S+.